The second kappa shape index (κ2) is 14.7. The van der Waals surface area contributed by atoms with Crippen molar-refractivity contribution in [2.24, 2.45) is 0 Å². The predicted octanol–water partition coefficient (Wildman–Crippen LogP) is 9.46. The summed E-state index contributed by atoms with van der Waals surface area (Å²) in [6.45, 7) is 16.5. The highest BCUT2D eigenvalue weighted by atomic mass is 16.6. The molecule has 0 saturated heterocycles. The van der Waals surface area contributed by atoms with Gasteiger partial charge in [0.05, 0.1) is 21.9 Å². The fraction of sp³-hybridized carbons (Fsp3) is 0.318. The summed E-state index contributed by atoms with van der Waals surface area (Å²) in [4.78, 5) is 11.5. The minimum atomic E-state index is -0.394. The van der Waals surface area contributed by atoms with E-state index in [2.05, 4.69) is 41.2 Å². The van der Waals surface area contributed by atoms with Crippen LogP contribution in [0.5, 0.6) is 23.0 Å². The molecule has 0 atom stereocenters. The van der Waals surface area contributed by atoms with Crippen LogP contribution < -0.4 is 24.7 Å². The molecule has 2 aliphatic heterocycles. The fourth-order valence-electron chi connectivity index (χ4n) is 7.50. The van der Waals surface area contributed by atoms with Crippen LogP contribution in [0.1, 0.15) is 72.2 Å². The maximum atomic E-state index is 11.8. The molecule has 12 heteroatoms. The molecule has 2 aliphatic rings. The third kappa shape index (κ3) is 7.51. The van der Waals surface area contributed by atoms with Gasteiger partial charge in [0.25, 0.3) is 5.69 Å². The van der Waals surface area contributed by atoms with E-state index in [9.17, 15) is 10.1 Å². The number of nitrogens with zero attached hydrogens (tertiary/aromatic N) is 3. The Labute approximate surface area is 326 Å². The van der Waals surface area contributed by atoms with E-state index in [1.165, 1.54) is 5.56 Å². The Kier molecular flexibility index (Phi) is 10.0. The Balaban J connectivity index is 0.000000172. The van der Waals surface area contributed by atoms with Gasteiger partial charge in [0, 0.05) is 58.7 Å². The van der Waals surface area contributed by atoms with Crippen molar-refractivity contribution < 1.29 is 23.9 Å². The standard InChI is InChI=1S/C22H23N3O4.C22H25N3O2/c1-13-14(2)21-17(11-22(3,4)29-21)18(20(13)25(26)27)12-28-16-7-5-15(6-8-16)19-9-10-23-24-19;1-13-14(2)21-17(11-22(3,4)27-21)18(20(13)23)12-26-16-7-5-15(6-8-16)19-9-10-24-25-19/h5-10H,11-12H2,1-4H3,(H,23,24);5-10H,11-12,23H2,1-4H3,(H,24,25). The number of fused-ring (bicyclic) bond motifs is 2. The number of benzene rings is 4. The number of rotatable bonds is 9. The van der Waals surface area contributed by atoms with Crippen molar-refractivity contribution in [3.05, 3.63) is 128 Å². The molecule has 4 heterocycles. The minimum Gasteiger partial charge on any atom is -0.489 e. The molecular weight excluding hydrogens is 709 g/mol. The van der Waals surface area contributed by atoms with Gasteiger partial charge in [0.2, 0.25) is 0 Å². The first-order valence-electron chi connectivity index (χ1n) is 18.7. The molecule has 0 unspecified atom stereocenters. The number of H-pyrrole nitrogens is 2. The molecule has 0 spiro atoms. The van der Waals surface area contributed by atoms with Crippen molar-refractivity contribution in [3.63, 3.8) is 0 Å². The Bertz CT molecular complexity index is 2380. The van der Waals surface area contributed by atoms with Crippen molar-refractivity contribution in [2.75, 3.05) is 5.73 Å². The normalized spacial score (nSPS) is 14.5. The molecule has 0 radical (unpaired) electrons. The molecule has 4 aromatic carbocycles. The van der Waals surface area contributed by atoms with Crippen LogP contribution in [0.3, 0.4) is 0 Å². The number of aromatic nitrogens is 4. The summed E-state index contributed by atoms with van der Waals surface area (Å²) in [7, 11) is 0. The summed E-state index contributed by atoms with van der Waals surface area (Å²) >= 11 is 0. The van der Waals surface area contributed by atoms with Gasteiger partial charge in [-0.15, -0.1) is 0 Å². The molecule has 8 rings (SSSR count). The number of nitro benzene ring substituents is 1. The van der Waals surface area contributed by atoms with E-state index in [4.69, 9.17) is 24.7 Å². The lowest BCUT2D eigenvalue weighted by Crippen LogP contribution is -2.25. The fourth-order valence-corrected chi connectivity index (χ4v) is 7.50. The van der Waals surface area contributed by atoms with Gasteiger partial charge in [-0.1, -0.05) is 0 Å². The molecule has 0 aliphatic carbocycles. The average Bonchev–Trinajstić information content (AvgIpc) is 3.99. The van der Waals surface area contributed by atoms with Crippen LogP contribution in [0.25, 0.3) is 22.5 Å². The van der Waals surface area contributed by atoms with Crippen LogP contribution >= 0.6 is 0 Å². The molecule has 0 fully saturated rings. The minimum absolute atomic E-state index is 0.114. The van der Waals surface area contributed by atoms with Crippen LogP contribution in [0.4, 0.5) is 11.4 Å². The maximum Gasteiger partial charge on any atom is 0.279 e. The molecule has 56 heavy (non-hydrogen) atoms. The van der Waals surface area contributed by atoms with Gasteiger partial charge >= 0.3 is 0 Å². The van der Waals surface area contributed by atoms with Crippen molar-refractivity contribution in [1.82, 2.24) is 20.4 Å². The molecule has 0 saturated carbocycles. The van der Waals surface area contributed by atoms with Gasteiger partial charge in [0.15, 0.2) is 0 Å². The third-order valence-corrected chi connectivity index (χ3v) is 10.7. The van der Waals surface area contributed by atoms with Crippen LogP contribution in [0, 0.1) is 37.8 Å². The number of anilines is 1. The number of nitrogens with two attached hydrogens (primary N) is 1. The second-order valence-electron chi connectivity index (χ2n) is 15.7. The number of nitrogen functional groups attached to an aromatic ring is 1. The second-order valence-corrected chi connectivity index (χ2v) is 15.7. The first-order valence-corrected chi connectivity index (χ1v) is 18.7. The van der Waals surface area contributed by atoms with E-state index in [0.717, 1.165) is 79.7 Å². The van der Waals surface area contributed by atoms with E-state index in [-0.39, 0.29) is 22.8 Å². The zero-order chi connectivity index (χ0) is 39.9. The highest BCUT2D eigenvalue weighted by molar-refractivity contribution is 5.67. The molecule has 12 nitrogen and oxygen atoms in total. The Morgan fingerprint density at radius 2 is 1.11 bits per heavy atom. The Morgan fingerprint density at radius 1 is 0.679 bits per heavy atom. The zero-order valence-corrected chi connectivity index (χ0v) is 33.1. The SMILES string of the molecule is Cc1c(C)c([N+](=O)[O-])c(COc2ccc(-c3ccn[nH]3)cc2)c2c1OC(C)(C)C2.Cc1c(C)c2c(c(COc3ccc(-c4ccn[nH]4)cc3)c1N)CC(C)(C)O2. The quantitative estimate of drug-likeness (QED) is 0.0741. The van der Waals surface area contributed by atoms with Crippen molar-refractivity contribution in [2.45, 2.75) is 92.6 Å². The molecule has 2 aromatic heterocycles. The first kappa shape index (κ1) is 38.0. The maximum absolute atomic E-state index is 11.8. The van der Waals surface area contributed by atoms with E-state index in [0.29, 0.717) is 29.9 Å². The number of ether oxygens (including phenoxy) is 4. The van der Waals surface area contributed by atoms with E-state index in [1.807, 2.05) is 88.4 Å². The summed E-state index contributed by atoms with van der Waals surface area (Å²) in [5, 5.41) is 25.7. The number of nitrogens with one attached hydrogen (secondary N) is 2. The van der Waals surface area contributed by atoms with Gasteiger partial charge < -0.3 is 24.7 Å². The van der Waals surface area contributed by atoms with Crippen LogP contribution in [0.15, 0.2) is 73.1 Å². The zero-order valence-electron chi connectivity index (χ0n) is 33.1. The van der Waals surface area contributed by atoms with Crippen molar-refractivity contribution in [1.29, 1.82) is 0 Å². The van der Waals surface area contributed by atoms with E-state index < -0.39 is 5.60 Å². The molecule has 0 amide bonds. The van der Waals surface area contributed by atoms with Crippen molar-refractivity contribution >= 4 is 11.4 Å². The van der Waals surface area contributed by atoms with Gasteiger partial charge in [-0.3, -0.25) is 20.3 Å². The van der Waals surface area contributed by atoms with Gasteiger partial charge in [-0.25, -0.2) is 0 Å². The number of nitro groups is 1. The monoisotopic (exact) mass is 756 g/mol. The molecule has 290 valence electrons. The van der Waals surface area contributed by atoms with E-state index in [1.54, 1.807) is 19.3 Å². The number of hydrogen-bond donors (Lipinski definition) is 3. The topological polar surface area (TPSA) is 163 Å². The summed E-state index contributed by atoms with van der Waals surface area (Å²) in [5.74, 6) is 3.18. The summed E-state index contributed by atoms with van der Waals surface area (Å²) < 4.78 is 24.3. The largest absolute Gasteiger partial charge is 0.489 e. The molecule has 4 N–H and O–H groups in total. The molecule has 6 aromatic rings. The van der Waals surface area contributed by atoms with Gasteiger partial charge in [0.1, 0.15) is 47.4 Å². The van der Waals surface area contributed by atoms with Crippen LogP contribution in [0.2, 0.25) is 0 Å². The van der Waals surface area contributed by atoms with Crippen LogP contribution in [-0.2, 0) is 26.1 Å². The highest BCUT2D eigenvalue weighted by Crippen LogP contribution is 2.46. The lowest BCUT2D eigenvalue weighted by molar-refractivity contribution is -0.386. The smallest absolute Gasteiger partial charge is 0.279 e. The summed E-state index contributed by atoms with van der Waals surface area (Å²) in [5.41, 5.74) is 18.1. The third-order valence-electron chi connectivity index (χ3n) is 10.7. The Morgan fingerprint density at radius 3 is 1.54 bits per heavy atom. The number of aromatic amines is 2. The lowest BCUT2D eigenvalue weighted by atomic mass is 9.92. The Hall–Kier alpha value is -6.30. The van der Waals surface area contributed by atoms with Gasteiger partial charge in [-0.2, -0.15) is 10.2 Å². The molecular formula is C44H48N6O6. The average molecular weight is 757 g/mol. The van der Waals surface area contributed by atoms with Gasteiger partial charge in [-0.05, 0) is 138 Å². The summed E-state index contributed by atoms with van der Waals surface area (Å²) in [6, 6.07) is 19.3. The molecule has 0 bridgehead atoms. The van der Waals surface area contributed by atoms with Crippen LogP contribution in [-0.4, -0.2) is 36.5 Å². The van der Waals surface area contributed by atoms with E-state index >= 15 is 0 Å². The predicted molar refractivity (Wildman–Crippen MR) is 216 cm³/mol. The summed E-state index contributed by atoms with van der Waals surface area (Å²) in [6.07, 6.45) is 4.89. The first-order chi connectivity index (χ1) is 26.6. The highest BCUT2D eigenvalue weighted by Gasteiger charge is 2.39. The van der Waals surface area contributed by atoms with Crippen molar-refractivity contribution in [3.8, 4) is 45.5 Å². The lowest BCUT2D eigenvalue weighted by Gasteiger charge is -2.18. The number of hydrogen-bond acceptors (Lipinski definition) is 9.